The predicted molar refractivity (Wildman–Crippen MR) is 174 cm³/mol. The van der Waals surface area contributed by atoms with E-state index in [0.29, 0.717) is 28.6 Å². The second-order valence-corrected chi connectivity index (χ2v) is 14.1. The number of thiophene rings is 1. The summed E-state index contributed by atoms with van der Waals surface area (Å²) in [7, 11) is 0. The first-order valence-electron chi connectivity index (χ1n) is 16.0. The fourth-order valence-electron chi connectivity index (χ4n) is 6.52. The third-order valence-corrected chi connectivity index (χ3v) is 10.2. The summed E-state index contributed by atoms with van der Waals surface area (Å²) in [6.07, 6.45) is 3.63. The summed E-state index contributed by atoms with van der Waals surface area (Å²) in [6, 6.07) is 7.61. The number of fused-ring (bicyclic) bond motifs is 3. The molecule has 236 valence electrons. The topological polar surface area (TPSA) is 97.8 Å². The highest BCUT2D eigenvalue weighted by molar-refractivity contribution is 7.17. The van der Waals surface area contributed by atoms with Crippen LogP contribution in [0.4, 0.5) is 5.00 Å². The van der Waals surface area contributed by atoms with E-state index >= 15 is 0 Å². The molecule has 2 aromatic heterocycles. The molecule has 1 amide bonds. The zero-order valence-electron chi connectivity index (χ0n) is 26.9. The highest BCUT2D eigenvalue weighted by Crippen LogP contribution is 2.44. The van der Waals surface area contributed by atoms with Crippen LogP contribution in [0.3, 0.4) is 0 Å². The minimum atomic E-state index is -1.03. The molecular weight excluding hydrogens is 574 g/mol. The van der Waals surface area contributed by atoms with Gasteiger partial charge >= 0.3 is 11.9 Å². The fraction of sp³-hybridized carbons (Fsp3) is 0.543. The molecule has 2 aliphatic rings. The van der Waals surface area contributed by atoms with Crippen molar-refractivity contribution in [3.63, 3.8) is 0 Å². The third kappa shape index (κ3) is 6.54. The molecule has 2 unspecified atom stereocenters. The number of aromatic nitrogens is 1. The van der Waals surface area contributed by atoms with Crippen molar-refractivity contribution in [2.24, 2.45) is 11.3 Å². The van der Waals surface area contributed by atoms with Crippen molar-refractivity contribution in [2.45, 2.75) is 92.7 Å². The Bertz CT molecular complexity index is 1560. The molecule has 3 heterocycles. The second kappa shape index (κ2) is 13.4. The van der Waals surface area contributed by atoms with Crippen LogP contribution in [0, 0.1) is 11.3 Å². The van der Waals surface area contributed by atoms with Gasteiger partial charge in [-0.1, -0.05) is 52.8 Å². The number of rotatable bonds is 9. The standard InChI is InChI=1S/C35H45N3O5S/c1-7-17-38-18-16-26-24(20-38)29(22-12-10-11-13-25(22)36-26)34(41)43-27(8-2)31(39)37-32-30(33(40)42-9-3)23-15-14-21(35(4,5)6)19-28(23)44-32/h10-13,21,27H,7-9,14-20H2,1-6H3,(H,37,39). The van der Waals surface area contributed by atoms with E-state index in [1.165, 1.54) is 11.3 Å². The van der Waals surface area contributed by atoms with E-state index in [9.17, 15) is 14.4 Å². The van der Waals surface area contributed by atoms with Gasteiger partial charge in [-0.2, -0.15) is 0 Å². The van der Waals surface area contributed by atoms with Gasteiger partial charge in [0, 0.05) is 41.0 Å². The number of carbonyl (C=O) groups is 3. The number of para-hydroxylation sites is 1. The van der Waals surface area contributed by atoms with E-state index in [-0.39, 0.29) is 18.4 Å². The predicted octanol–water partition coefficient (Wildman–Crippen LogP) is 6.97. The molecule has 0 saturated carbocycles. The Morgan fingerprint density at radius 1 is 1.07 bits per heavy atom. The Kier molecular flexibility index (Phi) is 9.75. The summed E-state index contributed by atoms with van der Waals surface area (Å²) >= 11 is 1.45. The van der Waals surface area contributed by atoms with Crippen LogP contribution in [0.5, 0.6) is 0 Å². The Balaban J connectivity index is 1.43. The maximum absolute atomic E-state index is 14.0. The number of amides is 1. The highest BCUT2D eigenvalue weighted by atomic mass is 32.1. The largest absolute Gasteiger partial charge is 0.462 e. The van der Waals surface area contributed by atoms with Gasteiger partial charge in [0.15, 0.2) is 6.10 Å². The van der Waals surface area contributed by atoms with E-state index in [1.54, 1.807) is 6.92 Å². The van der Waals surface area contributed by atoms with Crippen molar-refractivity contribution in [3.8, 4) is 0 Å². The first-order valence-corrected chi connectivity index (χ1v) is 16.8. The molecule has 0 saturated heterocycles. The number of nitrogens with one attached hydrogen (secondary N) is 1. The quantitative estimate of drug-likeness (QED) is 0.259. The maximum atomic E-state index is 14.0. The molecule has 1 aliphatic carbocycles. The number of benzene rings is 1. The van der Waals surface area contributed by atoms with Crippen LogP contribution in [0.2, 0.25) is 0 Å². The van der Waals surface area contributed by atoms with Crippen LogP contribution in [-0.2, 0) is 40.1 Å². The second-order valence-electron chi connectivity index (χ2n) is 13.0. The van der Waals surface area contributed by atoms with Crippen LogP contribution in [-0.4, -0.2) is 53.5 Å². The molecule has 5 rings (SSSR count). The maximum Gasteiger partial charge on any atom is 0.341 e. The lowest BCUT2D eigenvalue weighted by Crippen LogP contribution is -2.35. The SMILES string of the molecule is CCCN1CCc2nc3ccccc3c(C(=O)OC(CC)C(=O)Nc3sc4c(c3C(=O)OCC)CCC(C(C)(C)C)C4)c2C1. The lowest BCUT2D eigenvalue weighted by atomic mass is 9.72. The average molecular weight is 620 g/mol. The Labute approximate surface area is 264 Å². The summed E-state index contributed by atoms with van der Waals surface area (Å²) in [5, 5.41) is 4.18. The van der Waals surface area contributed by atoms with Crippen LogP contribution in [0.1, 0.15) is 103 Å². The van der Waals surface area contributed by atoms with Gasteiger partial charge in [-0.15, -0.1) is 11.3 Å². The lowest BCUT2D eigenvalue weighted by molar-refractivity contribution is -0.124. The summed E-state index contributed by atoms with van der Waals surface area (Å²) in [4.78, 5) is 49.1. The first kappa shape index (κ1) is 32.1. The molecule has 9 heteroatoms. The minimum absolute atomic E-state index is 0.139. The molecule has 1 N–H and O–H groups in total. The normalized spacial score (nSPS) is 17.5. The minimum Gasteiger partial charge on any atom is -0.462 e. The summed E-state index contributed by atoms with van der Waals surface area (Å²) in [6.45, 7) is 15.2. The fourth-order valence-corrected chi connectivity index (χ4v) is 7.84. The van der Waals surface area contributed by atoms with Crippen LogP contribution >= 0.6 is 11.3 Å². The summed E-state index contributed by atoms with van der Waals surface area (Å²) in [5.41, 5.74) is 4.59. The molecule has 0 bridgehead atoms. The third-order valence-electron chi connectivity index (χ3n) is 8.99. The van der Waals surface area contributed by atoms with Crippen molar-refractivity contribution < 1.29 is 23.9 Å². The lowest BCUT2D eigenvalue weighted by Gasteiger charge is -2.33. The van der Waals surface area contributed by atoms with E-state index < -0.39 is 23.9 Å². The number of hydrogen-bond donors (Lipinski definition) is 1. The zero-order valence-corrected chi connectivity index (χ0v) is 27.7. The van der Waals surface area contributed by atoms with Gasteiger partial charge in [-0.3, -0.25) is 14.7 Å². The van der Waals surface area contributed by atoms with Crippen LogP contribution < -0.4 is 5.32 Å². The summed E-state index contributed by atoms with van der Waals surface area (Å²) < 4.78 is 11.4. The molecule has 0 radical (unpaired) electrons. The Hall–Kier alpha value is -3.30. The molecule has 0 spiro atoms. The molecule has 1 aliphatic heterocycles. The Morgan fingerprint density at radius 2 is 1.84 bits per heavy atom. The van der Waals surface area contributed by atoms with Gasteiger partial charge in [0.2, 0.25) is 0 Å². The van der Waals surface area contributed by atoms with Gasteiger partial charge < -0.3 is 14.8 Å². The van der Waals surface area contributed by atoms with Gasteiger partial charge in [0.25, 0.3) is 5.91 Å². The van der Waals surface area contributed by atoms with Crippen molar-refractivity contribution in [1.29, 1.82) is 0 Å². The molecule has 2 atom stereocenters. The summed E-state index contributed by atoms with van der Waals surface area (Å²) in [5.74, 6) is -0.918. The van der Waals surface area contributed by atoms with Gasteiger partial charge in [0.05, 0.1) is 23.3 Å². The molecule has 0 fully saturated rings. The number of anilines is 1. The van der Waals surface area contributed by atoms with E-state index in [0.717, 1.165) is 77.8 Å². The van der Waals surface area contributed by atoms with E-state index in [4.69, 9.17) is 14.5 Å². The number of ether oxygens (including phenoxy) is 2. The number of hydrogen-bond acceptors (Lipinski definition) is 8. The number of pyridine rings is 1. The molecule has 44 heavy (non-hydrogen) atoms. The molecule has 3 aromatic rings. The molecule has 8 nitrogen and oxygen atoms in total. The Morgan fingerprint density at radius 3 is 2.55 bits per heavy atom. The van der Waals surface area contributed by atoms with E-state index in [2.05, 4.69) is 37.9 Å². The van der Waals surface area contributed by atoms with Gasteiger partial charge in [-0.25, -0.2) is 9.59 Å². The van der Waals surface area contributed by atoms with Gasteiger partial charge in [-0.05, 0) is 68.5 Å². The monoisotopic (exact) mass is 619 g/mol. The van der Waals surface area contributed by atoms with Crippen LogP contribution in [0.25, 0.3) is 10.9 Å². The number of nitrogens with zero attached hydrogens (tertiary/aromatic N) is 2. The van der Waals surface area contributed by atoms with Crippen molar-refractivity contribution in [3.05, 3.63) is 57.1 Å². The van der Waals surface area contributed by atoms with E-state index in [1.807, 2.05) is 31.2 Å². The highest BCUT2D eigenvalue weighted by Gasteiger charge is 2.36. The molecule has 1 aromatic carbocycles. The van der Waals surface area contributed by atoms with Crippen molar-refractivity contribution >= 4 is 45.1 Å². The van der Waals surface area contributed by atoms with Crippen LogP contribution in [0.15, 0.2) is 24.3 Å². The number of carbonyl (C=O) groups excluding carboxylic acids is 3. The zero-order chi connectivity index (χ0) is 31.6. The average Bonchev–Trinajstić information content (AvgIpc) is 3.35. The van der Waals surface area contributed by atoms with Crippen molar-refractivity contribution in [2.75, 3.05) is 25.0 Å². The van der Waals surface area contributed by atoms with Crippen molar-refractivity contribution in [1.82, 2.24) is 9.88 Å². The first-order chi connectivity index (χ1) is 21.0. The smallest absolute Gasteiger partial charge is 0.341 e. The van der Waals surface area contributed by atoms with Gasteiger partial charge in [0.1, 0.15) is 5.00 Å². The number of esters is 2. The molecular formula is C35H45N3O5S.